The third-order valence-corrected chi connectivity index (χ3v) is 9.23. The molecule has 0 saturated heterocycles. The van der Waals surface area contributed by atoms with E-state index in [0.717, 1.165) is 64.2 Å². The number of esters is 2. The summed E-state index contributed by atoms with van der Waals surface area (Å²) in [7, 11) is 0. The minimum Gasteiger partial charge on any atom is -0.472 e. The summed E-state index contributed by atoms with van der Waals surface area (Å²) in [6, 6.07) is 2.03. The van der Waals surface area contributed by atoms with Crippen LogP contribution in [0.4, 0.5) is 0 Å². The molecule has 0 N–H and O–H groups in total. The molecule has 1 atom stereocenters. The van der Waals surface area contributed by atoms with E-state index in [1.165, 1.54) is 87.3 Å². The van der Waals surface area contributed by atoms with Crippen LogP contribution in [0.1, 0.15) is 175 Å². The van der Waals surface area contributed by atoms with Crippen molar-refractivity contribution in [3.63, 3.8) is 0 Å². The zero-order valence-electron chi connectivity index (χ0n) is 30.6. The van der Waals surface area contributed by atoms with Crippen LogP contribution in [0.3, 0.4) is 0 Å². The molecule has 47 heavy (non-hydrogen) atoms. The van der Waals surface area contributed by atoms with Gasteiger partial charge in [-0.05, 0) is 95.8 Å². The second-order valence-electron chi connectivity index (χ2n) is 13.9. The molecule has 5 nitrogen and oxygen atoms in total. The second kappa shape index (κ2) is 25.2. The maximum absolute atomic E-state index is 12.6. The molecule has 1 aromatic heterocycles. The van der Waals surface area contributed by atoms with E-state index in [1.54, 1.807) is 13.2 Å². The third-order valence-electron chi connectivity index (χ3n) is 9.23. The number of carbonyl (C=O) groups is 2. The van der Waals surface area contributed by atoms with Crippen molar-refractivity contribution in [1.29, 1.82) is 0 Å². The molecule has 2 rings (SSSR count). The van der Waals surface area contributed by atoms with E-state index >= 15 is 0 Å². The van der Waals surface area contributed by atoms with Crippen molar-refractivity contribution in [2.24, 2.45) is 5.92 Å². The lowest BCUT2D eigenvalue weighted by Gasteiger charge is -2.11. The first-order valence-corrected chi connectivity index (χ1v) is 19.0. The zero-order chi connectivity index (χ0) is 34.1. The van der Waals surface area contributed by atoms with Gasteiger partial charge in [-0.1, -0.05) is 121 Å². The van der Waals surface area contributed by atoms with E-state index in [-0.39, 0.29) is 11.9 Å². The van der Waals surface area contributed by atoms with Gasteiger partial charge < -0.3 is 13.9 Å². The maximum Gasteiger partial charge on any atom is 0.343 e. The van der Waals surface area contributed by atoms with E-state index in [1.807, 2.05) is 18.4 Å². The van der Waals surface area contributed by atoms with E-state index in [9.17, 15) is 9.59 Å². The number of furan rings is 1. The van der Waals surface area contributed by atoms with Crippen LogP contribution in [-0.4, -0.2) is 11.9 Å². The van der Waals surface area contributed by atoms with E-state index in [4.69, 9.17) is 13.9 Å². The summed E-state index contributed by atoms with van der Waals surface area (Å²) in [5, 5.41) is 0. The van der Waals surface area contributed by atoms with Crippen molar-refractivity contribution in [2.75, 3.05) is 0 Å². The van der Waals surface area contributed by atoms with Gasteiger partial charge >= 0.3 is 11.9 Å². The topological polar surface area (TPSA) is 65.7 Å². The molecule has 0 aromatic carbocycles. The summed E-state index contributed by atoms with van der Waals surface area (Å²) in [5.74, 6) is 0.209. The molecule has 1 aromatic rings. The van der Waals surface area contributed by atoms with E-state index < -0.39 is 5.97 Å². The Morgan fingerprint density at radius 2 is 1.40 bits per heavy atom. The van der Waals surface area contributed by atoms with E-state index in [0.29, 0.717) is 23.5 Å². The predicted octanol–water partition coefficient (Wildman–Crippen LogP) is 12.8. The Morgan fingerprint density at radius 3 is 2.02 bits per heavy atom. The average Bonchev–Trinajstić information content (AvgIpc) is 3.65. The van der Waals surface area contributed by atoms with Crippen LogP contribution >= 0.6 is 0 Å². The first-order chi connectivity index (χ1) is 22.8. The highest BCUT2D eigenvalue weighted by Gasteiger charge is 2.30. The SMILES string of the molecule is CCCCCCCCCCCCCCCCC(=O)OC1=C(C)C(=O)OC1=CC(C)CCCC(C)=CCCC(C)=CCCc1ccoc1. The fraction of sp³-hybridized carbons (Fsp3) is 0.667. The van der Waals surface area contributed by atoms with Gasteiger partial charge in [-0.3, -0.25) is 4.79 Å². The van der Waals surface area contributed by atoms with Crippen molar-refractivity contribution in [2.45, 2.75) is 176 Å². The van der Waals surface area contributed by atoms with Crippen LogP contribution in [0.15, 0.2) is 69.5 Å². The number of unbranched alkanes of at least 4 members (excludes halogenated alkanes) is 13. The lowest BCUT2D eigenvalue weighted by molar-refractivity contribution is -0.140. The van der Waals surface area contributed by atoms with Gasteiger partial charge in [0.05, 0.1) is 18.1 Å². The molecule has 0 aliphatic carbocycles. The van der Waals surface area contributed by atoms with Gasteiger partial charge in [-0.2, -0.15) is 0 Å². The number of cyclic esters (lactones) is 1. The van der Waals surface area contributed by atoms with Crippen LogP contribution in [0.25, 0.3) is 0 Å². The highest BCUT2D eigenvalue weighted by atomic mass is 16.6. The molecule has 0 amide bonds. The van der Waals surface area contributed by atoms with Crippen LogP contribution in [0, 0.1) is 5.92 Å². The standard InChI is InChI=1S/C42H66O5/c1-6-7-8-9-10-11-12-13-14-15-16-17-18-19-29-40(43)47-41-37(5)42(44)46-39(41)32-36(4)27-21-25-34(2)23-20-24-35(3)26-22-28-38-30-31-45-33-38/h23,26,30-33,36H,6-22,24-25,27-29H2,1-5H3. The van der Waals surface area contributed by atoms with Crippen LogP contribution in [0.2, 0.25) is 0 Å². The van der Waals surface area contributed by atoms with Gasteiger partial charge in [0.2, 0.25) is 0 Å². The predicted molar refractivity (Wildman–Crippen MR) is 195 cm³/mol. The molecule has 2 heterocycles. The Morgan fingerprint density at radius 1 is 0.809 bits per heavy atom. The summed E-state index contributed by atoms with van der Waals surface area (Å²) in [4.78, 5) is 24.9. The van der Waals surface area contributed by atoms with E-state index in [2.05, 4.69) is 39.8 Å². The number of aryl methyl sites for hydroxylation is 1. The fourth-order valence-electron chi connectivity index (χ4n) is 6.08. The van der Waals surface area contributed by atoms with Gasteiger partial charge in [0.25, 0.3) is 0 Å². The summed E-state index contributed by atoms with van der Waals surface area (Å²) < 4.78 is 16.3. The molecule has 1 aliphatic rings. The fourth-order valence-corrected chi connectivity index (χ4v) is 6.08. The molecule has 0 bridgehead atoms. The molecule has 1 unspecified atom stereocenters. The first kappa shape index (κ1) is 40.4. The average molecular weight is 651 g/mol. The Balaban J connectivity index is 1.59. The lowest BCUT2D eigenvalue weighted by Crippen LogP contribution is -2.06. The van der Waals surface area contributed by atoms with Crippen LogP contribution in [0.5, 0.6) is 0 Å². The smallest absolute Gasteiger partial charge is 0.343 e. The minimum atomic E-state index is -0.424. The van der Waals surface area contributed by atoms with Gasteiger partial charge in [-0.25, -0.2) is 4.79 Å². The lowest BCUT2D eigenvalue weighted by atomic mass is 9.99. The number of hydrogen-bond acceptors (Lipinski definition) is 5. The van der Waals surface area contributed by atoms with Gasteiger partial charge in [0.1, 0.15) is 0 Å². The summed E-state index contributed by atoms with van der Waals surface area (Å²) >= 11 is 0. The number of allylic oxidation sites excluding steroid dienone is 5. The quantitative estimate of drug-likeness (QED) is 0.0538. The van der Waals surface area contributed by atoms with Gasteiger partial charge in [0, 0.05) is 6.42 Å². The molecule has 5 heteroatoms. The van der Waals surface area contributed by atoms with Crippen molar-refractivity contribution < 1.29 is 23.5 Å². The molecule has 1 aliphatic heterocycles. The van der Waals surface area contributed by atoms with Crippen molar-refractivity contribution >= 4 is 11.9 Å². The molecular weight excluding hydrogens is 584 g/mol. The highest BCUT2D eigenvalue weighted by molar-refractivity contribution is 5.94. The molecule has 0 radical (unpaired) electrons. The maximum atomic E-state index is 12.6. The monoisotopic (exact) mass is 650 g/mol. The minimum absolute atomic E-state index is 0.205. The third kappa shape index (κ3) is 18.9. The number of hydrogen-bond donors (Lipinski definition) is 0. The zero-order valence-corrected chi connectivity index (χ0v) is 30.6. The van der Waals surface area contributed by atoms with Crippen molar-refractivity contribution in [3.8, 4) is 0 Å². The number of carbonyl (C=O) groups excluding carboxylic acids is 2. The van der Waals surface area contributed by atoms with Crippen LogP contribution < -0.4 is 0 Å². The normalized spacial score (nSPS) is 15.5. The Bertz CT molecular complexity index is 1130. The summed E-state index contributed by atoms with van der Waals surface area (Å²) in [6.45, 7) is 10.5. The molecule has 0 spiro atoms. The summed E-state index contributed by atoms with van der Waals surface area (Å²) in [6.07, 6.45) is 35.8. The Labute approximate surface area is 287 Å². The molecule has 0 fully saturated rings. The molecule has 0 saturated carbocycles. The first-order valence-electron chi connectivity index (χ1n) is 19.0. The Hall–Kier alpha value is -2.82. The van der Waals surface area contributed by atoms with Gasteiger partial charge in [-0.15, -0.1) is 0 Å². The highest BCUT2D eigenvalue weighted by Crippen LogP contribution is 2.30. The van der Waals surface area contributed by atoms with Crippen LogP contribution in [-0.2, 0) is 25.5 Å². The van der Waals surface area contributed by atoms with Gasteiger partial charge in [0.15, 0.2) is 11.5 Å². The van der Waals surface area contributed by atoms with Crippen molar-refractivity contribution in [1.82, 2.24) is 0 Å². The summed E-state index contributed by atoms with van der Waals surface area (Å²) in [5.41, 5.74) is 4.47. The number of ether oxygens (including phenoxy) is 2. The number of rotatable bonds is 27. The largest absolute Gasteiger partial charge is 0.472 e. The second-order valence-corrected chi connectivity index (χ2v) is 13.9. The van der Waals surface area contributed by atoms with Crippen molar-refractivity contribution in [3.05, 3.63) is 70.6 Å². The Kier molecular flexibility index (Phi) is 21.7. The molecular formula is C42H66O5. The molecule has 264 valence electrons.